The largest absolute Gasteiger partial charge is 0.494 e. The molecule has 1 aromatic carbocycles. The van der Waals surface area contributed by atoms with Crippen molar-refractivity contribution in [3.8, 4) is 5.75 Å². The summed E-state index contributed by atoms with van der Waals surface area (Å²) in [6.45, 7) is 3.66. The van der Waals surface area contributed by atoms with Crippen LogP contribution in [0.4, 0.5) is 5.69 Å². The third-order valence-electron chi connectivity index (χ3n) is 2.89. The second-order valence-electron chi connectivity index (χ2n) is 4.79. The van der Waals surface area contributed by atoms with Gasteiger partial charge in [0.1, 0.15) is 11.3 Å². The molecule has 0 radical (unpaired) electrons. The summed E-state index contributed by atoms with van der Waals surface area (Å²) in [6, 6.07) is 4.25. The maximum Gasteiger partial charge on any atom is 0.279 e. The van der Waals surface area contributed by atoms with Crippen molar-refractivity contribution in [3.05, 3.63) is 40.1 Å². The number of carbonyl (C=O) groups is 1. The van der Waals surface area contributed by atoms with E-state index in [4.69, 9.17) is 4.74 Å². The van der Waals surface area contributed by atoms with Gasteiger partial charge in [0.15, 0.2) is 0 Å². The Kier molecular flexibility index (Phi) is 4.02. The molecule has 1 aromatic heterocycles. The maximum absolute atomic E-state index is 12.0. The Hall–Kier alpha value is -2.70. The van der Waals surface area contributed by atoms with Gasteiger partial charge < -0.3 is 10.1 Å². The van der Waals surface area contributed by atoms with E-state index in [1.54, 1.807) is 0 Å². The average Bonchev–Trinajstić information content (AvgIpc) is 2.44. The summed E-state index contributed by atoms with van der Waals surface area (Å²) in [5.41, 5.74) is 0.512. The van der Waals surface area contributed by atoms with Crippen molar-refractivity contribution in [3.63, 3.8) is 0 Å². The molecule has 0 fully saturated rings. The lowest BCUT2D eigenvalue weighted by molar-refractivity contribution is -0.383. The fourth-order valence-corrected chi connectivity index (χ4v) is 1.97. The fraction of sp³-hybridized carbons (Fsp3) is 0.286. The molecule has 0 aliphatic carbocycles. The van der Waals surface area contributed by atoms with Crippen LogP contribution >= 0.6 is 0 Å². The van der Waals surface area contributed by atoms with E-state index in [-0.39, 0.29) is 28.6 Å². The number of nitro benzene ring substituents is 1. The second kappa shape index (κ2) is 5.74. The molecule has 2 rings (SSSR count). The molecular weight excluding hydrogens is 274 g/mol. The SMILES string of the molecule is COc1ccc([N+](=O)[O-])c2cc(C(=O)NC(C)C)cnc12. The zero-order valence-electron chi connectivity index (χ0n) is 11.9. The van der Waals surface area contributed by atoms with Crippen molar-refractivity contribution in [2.75, 3.05) is 7.11 Å². The predicted molar refractivity (Wildman–Crippen MR) is 77.6 cm³/mol. The normalized spacial score (nSPS) is 10.7. The van der Waals surface area contributed by atoms with Gasteiger partial charge in [0.05, 0.1) is 23.0 Å². The van der Waals surface area contributed by atoms with Gasteiger partial charge in [0.2, 0.25) is 0 Å². The highest BCUT2D eigenvalue weighted by Gasteiger charge is 2.18. The third kappa shape index (κ3) is 2.91. The van der Waals surface area contributed by atoms with E-state index in [1.165, 1.54) is 31.5 Å². The van der Waals surface area contributed by atoms with E-state index in [0.717, 1.165) is 0 Å². The molecule has 0 unspecified atom stereocenters. The molecule has 1 N–H and O–H groups in total. The molecule has 110 valence electrons. The number of ether oxygens (including phenoxy) is 1. The van der Waals surface area contributed by atoms with Crippen LogP contribution in [0.15, 0.2) is 24.4 Å². The summed E-state index contributed by atoms with van der Waals surface area (Å²) in [4.78, 5) is 26.7. The first-order chi connectivity index (χ1) is 9.93. The summed E-state index contributed by atoms with van der Waals surface area (Å²) in [6.07, 6.45) is 1.38. The number of nitro groups is 1. The standard InChI is InChI=1S/C14H15N3O4/c1-8(2)16-14(18)9-6-10-11(17(19)20)4-5-12(21-3)13(10)15-7-9/h4-8H,1-3H3,(H,16,18). The summed E-state index contributed by atoms with van der Waals surface area (Å²) in [5.74, 6) is 0.0999. The van der Waals surface area contributed by atoms with Gasteiger partial charge in [0.25, 0.3) is 11.6 Å². The van der Waals surface area contributed by atoms with E-state index < -0.39 is 4.92 Å². The molecule has 0 bridgehead atoms. The molecule has 21 heavy (non-hydrogen) atoms. The summed E-state index contributed by atoms with van der Waals surface area (Å²) < 4.78 is 5.14. The number of fused-ring (bicyclic) bond motifs is 1. The Labute approximate surface area is 121 Å². The molecule has 2 aromatic rings. The topological polar surface area (TPSA) is 94.4 Å². The van der Waals surface area contributed by atoms with Crippen LogP contribution in [0.25, 0.3) is 10.9 Å². The Morgan fingerprint density at radius 3 is 2.71 bits per heavy atom. The van der Waals surface area contributed by atoms with Gasteiger partial charge in [-0.1, -0.05) is 0 Å². The molecule has 0 aliphatic rings. The maximum atomic E-state index is 12.0. The Morgan fingerprint density at radius 2 is 2.14 bits per heavy atom. The molecule has 0 spiro atoms. The van der Waals surface area contributed by atoms with E-state index in [1.807, 2.05) is 13.8 Å². The van der Waals surface area contributed by atoms with Gasteiger partial charge >= 0.3 is 0 Å². The minimum atomic E-state index is -0.506. The van der Waals surface area contributed by atoms with E-state index >= 15 is 0 Å². The number of amides is 1. The van der Waals surface area contributed by atoms with Gasteiger partial charge in [-0.15, -0.1) is 0 Å². The molecule has 0 saturated heterocycles. The number of nitrogens with zero attached hydrogens (tertiary/aromatic N) is 2. The molecule has 0 aliphatic heterocycles. The first kappa shape index (κ1) is 14.7. The van der Waals surface area contributed by atoms with E-state index in [2.05, 4.69) is 10.3 Å². The van der Waals surface area contributed by atoms with Crippen molar-refractivity contribution in [2.24, 2.45) is 0 Å². The van der Waals surface area contributed by atoms with Crippen LogP contribution in [0.1, 0.15) is 24.2 Å². The quantitative estimate of drug-likeness (QED) is 0.688. The molecule has 1 heterocycles. The lowest BCUT2D eigenvalue weighted by atomic mass is 10.1. The van der Waals surface area contributed by atoms with Crippen molar-refractivity contribution >= 4 is 22.5 Å². The number of aromatic nitrogens is 1. The summed E-state index contributed by atoms with van der Waals surface area (Å²) in [7, 11) is 1.46. The van der Waals surface area contributed by atoms with E-state index in [0.29, 0.717) is 11.3 Å². The average molecular weight is 289 g/mol. The monoisotopic (exact) mass is 289 g/mol. The van der Waals surface area contributed by atoms with Crippen LogP contribution in [0.2, 0.25) is 0 Å². The lowest BCUT2D eigenvalue weighted by Gasteiger charge is -2.10. The van der Waals surface area contributed by atoms with Crippen LogP contribution < -0.4 is 10.1 Å². The number of hydrogen-bond donors (Lipinski definition) is 1. The number of carbonyl (C=O) groups excluding carboxylic acids is 1. The van der Waals surface area contributed by atoms with Gasteiger partial charge in [0, 0.05) is 18.3 Å². The predicted octanol–water partition coefficient (Wildman–Crippen LogP) is 2.29. The molecule has 0 saturated carbocycles. The molecule has 7 heteroatoms. The number of benzene rings is 1. The zero-order valence-corrected chi connectivity index (χ0v) is 11.9. The fourth-order valence-electron chi connectivity index (χ4n) is 1.97. The van der Waals surface area contributed by atoms with Gasteiger partial charge in [-0.2, -0.15) is 0 Å². The van der Waals surface area contributed by atoms with Gasteiger partial charge in [-0.3, -0.25) is 19.9 Å². The number of non-ortho nitro benzene ring substituents is 1. The van der Waals surface area contributed by atoms with Crippen LogP contribution in [-0.2, 0) is 0 Å². The van der Waals surface area contributed by atoms with Gasteiger partial charge in [-0.25, -0.2) is 0 Å². The van der Waals surface area contributed by atoms with Crippen LogP contribution in [0.3, 0.4) is 0 Å². The zero-order chi connectivity index (χ0) is 15.6. The smallest absolute Gasteiger partial charge is 0.279 e. The van der Waals surface area contributed by atoms with Gasteiger partial charge in [-0.05, 0) is 26.0 Å². The number of rotatable bonds is 4. The Bertz CT molecular complexity index is 713. The lowest BCUT2D eigenvalue weighted by Crippen LogP contribution is -2.30. The minimum Gasteiger partial charge on any atom is -0.494 e. The molecular formula is C14H15N3O4. The third-order valence-corrected chi connectivity index (χ3v) is 2.89. The molecule has 1 amide bonds. The highest BCUT2D eigenvalue weighted by Crippen LogP contribution is 2.31. The van der Waals surface area contributed by atoms with E-state index in [9.17, 15) is 14.9 Å². The summed E-state index contributed by atoms with van der Waals surface area (Å²) >= 11 is 0. The Morgan fingerprint density at radius 1 is 1.43 bits per heavy atom. The highest BCUT2D eigenvalue weighted by molar-refractivity contribution is 6.00. The van der Waals surface area contributed by atoms with Crippen molar-refractivity contribution in [2.45, 2.75) is 19.9 Å². The van der Waals surface area contributed by atoms with Crippen molar-refractivity contribution < 1.29 is 14.5 Å². The van der Waals surface area contributed by atoms with Crippen LogP contribution in [0, 0.1) is 10.1 Å². The second-order valence-corrected chi connectivity index (χ2v) is 4.79. The van der Waals surface area contributed by atoms with Crippen LogP contribution in [-0.4, -0.2) is 29.0 Å². The number of methoxy groups -OCH3 is 1. The van der Waals surface area contributed by atoms with Crippen molar-refractivity contribution in [1.29, 1.82) is 0 Å². The molecule has 0 atom stereocenters. The van der Waals surface area contributed by atoms with Crippen LogP contribution in [0.5, 0.6) is 5.75 Å². The highest BCUT2D eigenvalue weighted by atomic mass is 16.6. The van der Waals surface area contributed by atoms with Crippen molar-refractivity contribution in [1.82, 2.24) is 10.3 Å². The summed E-state index contributed by atoms with van der Waals surface area (Å²) in [5, 5.41) is 14.1. The number of hydrogen-bond acceptors (Lipinski definition) is 5. The number of nitrogens with one attached hydrogen (secondary N) is 1. The Balaban J connectivity index is 2.62. The first-order valence-electron chi connectivity index (χ1n) is 6.36. The number of pyridine rings is 1. The first-order valence-corrected chi connectivity index (χ1v) is 6.36. The minimum absolute atomic E-state index is 0.0338. The molecule has 7 nitrogen and oxygen atoms in total.